The van der Waals surface area contributed by atoms with Crippen molar-refractivity contribution in [3.8, 4) is 17.1 Å². The first-order chi connectivity index (χ1) is 13.7. The van der Waals surface area contributed by atoms with E-state index in [2.05, 4.69) is 25.8 Å². The molecular weight excluding hydrogens is 378 g/mol. The van der Waals surface area contributed by atoms with Crippen LogP contribution in [0.4, 0.5) is 0 Å². The Morgan fingerprint density at radius 2 is 2.00 bits per heavy atom. The van der Waals surface area contributed by atoms with E-state index in [-0.39, 0.29) is 0 Å². The van der Waals surface area contributed by atoms with E-state index in [9.17, 15) is 0 Å². The number of methoxy groups -OCH3 is 1. The van der Waals surface area contributed by atoms with Crippen LogP contribution in [-0.4, -0.2) is 29.8 Å². The fraction of sp³-hybridized carbons (Fsp3) is 0.250. The first-order valence-electron chi connectivity index (χ1n) is 8.91. The molecule has 7 nitrogen and oxygen atoms in total. The topological polar surface area (TPSA) is 84.6 Å². The summed E-state index contributed by atoms with van der Waals surface area (Å²) in [4.78, 5) is 8.98. The average molecular weight is 400 g/mol. The molecule has 0 radical (unpaired) electrons. The minimum Gasteiger partial charge on any atom is -0.497 e. The van der Waals surface area contributed by atoms with Crippen LogP contribution in [0.15, 0.2) is 58.0 Å². The molecule has 2 N–H and O–H groups in total. The Hall–Kier alpha value is -3.06. The van der Waals surface area contributed by atoms with Gasteiger partial charge in [0, 0.05) is 17.1 Å². The predicted molar refractivity (Wildman–Crippen MR) is 109 cm³/mol. The van der Waals surface area contributed by atoms with Crippen molar-refractivity contribution < 1.29 is 9.26 Å². The first kappa shape index (κ1) is 19.7. The SMILES string of the molecule is CCNC(=NCc1cccc(OC)c1)NCc1nc(-c2ccc(Cl)cc2)no1. The second-order valence-electron chi connectivity index (χ2n) is 5.92. The van der Waals surface area contributed by atoms with Gasteiger partial charge in [-0.3, -0.25) is 0 Å². The van der Waals surface area contributed by atoms with Gasteiger partial charge in [-0.15, -0.1) is 0 Å². The van der Waals surface area contributed by atoms with Gasteiger partial charge in [-0.1, -0.05) is 28.9 Å². The summed E-state index contributed by atoms with van der Waals surface area (Å²) in [7, 11) is 1.65. The van der Waals surface area contributed by atoms with Gasteiger partial charge in [-0.2, -0.15) is 4.98 Å². The highest BCUT2D eigenvalue weighted by Gasteiger charge is 2.09. The summed E-state index contributed by atoms with van der Waals surface area (Å²) in [5, 5.41) is 11.1. The van der Waals surface area contributed by atoms with Crippen molar-refractivity contribution in [2.45, 2.75) is 20.0 Å². The molecule has 3 aromatic rings. The van der Waals surface area contributed by atoms with Gasteiger partial charge in [-0.25, -0.2) is 4.99 Å². The number of rotatable bonds is 7. The zero-order valence-electron chi connectivity index (χ0n) is 15.8. The lowest BCUT2D eigenvalue weighted by atomic mass is 10.2. The average Bonchev–Trinajstić information content (AvgIpc) is 3.20. The van der Waals surface area contributed by atoms with Crippen molar-refractivity contribution in [1.29, 1.82) is 0 Å². The van der Waals surface area contributed by atoms with Crippen LogP contribution in [0.5, 0.6) is 5.75 Å². The zero-order valence-corrected chi connectivity index (χ0v) is 16.5. The molecule has 0 saturated carbocycles. The van der Waals surface area contributed by atoms with Crippen LogP contribution in [0.2, 0.25) is 5.02 Å². The number of benzene rings is 2. The number of aliphatic imine (C=N–C) groups is 1. The summed E-state index contributed by atoms with van der Waals surface area (Å²) >= 11 is 5.91. The van der Waals surface area contributed by atoms with Gasteiger partial charge >= 0.3 is 0 Å². The monoisotopic (exact) mass is 399 g/mol. The third kappa shape index (κ3) is 5.47. The number of hydrogen-bond acceptors (Lipinski definition) is 5. The van der Waals surface area contributed by atoms with E-state index < -0.39 is 0 Å². The van der Waals surface area contributed by atoms with Crippen molar-refractivity contribution in [2.24, 2.45) is 4.99 Å². The minimum absolute atomic E-state index is 0.366. The maximum Gasteiger partial charge on any atom is 0.246 e. The van der Waals surface area contributed by atoms with Gasteiger partial charge in [0.2, 0.25) is 11.7 Å². The molecule has 0 amide bonds. The van der Waals surface area contributed by atoms with Gasteiger partial charge in [0.1, 0.15) is 5.75 Å². The summed E-state index contributed by atoms with van der Waals surface area (Å²) in [6, 6.07) is 15.1. The smallest absolute Gasteiger partial charge is 0.246 e. The zero-order chi connectivity index (χ0) is 19.8. The predicted octanol–water partition coefficient (Wildman–Crippen LogP) is 3.65. The second kappa shape index (κ2) is 9.75. The van der Waals surface area contributed by atoms with Crippen LogP contribution in [0.25, 0.3) is 11.4 Å². The van der Waals surface area contributed by atoms with Crippen LogP contribution < -0.4 is 15.4 Å². The van der Waals surface area contributed by atoms with E-state index in [0.29, 0.717) is 35.8 Å². The molecule has 3 rings (SSSR count). The molecule has 0 unspecified atom stereocenters. The van der Waals surface area contributed by atoms with Crippen molar-refractivity contribution in [1.82, 2.24) is 20.8 Å². The Balaban J connectivity index is 1.62. The number of aromatic nitrogens is 2. The molecule has 0 saturated heterocycles. The third-order valence-corrected chi connectivity index (χ3v) is 4.13. The first-order valence-corrected chi connectivity index (χ1v) is 9.29. The molecule has 0 aliphatic rings. The Morgan fingerprint density at radius 1 is 1.18 bits per heavy atom. The van der Waals surface area contributed by atoms with Gasteiger partial charge in [0.15, 0.2) is 5.96 Å². The van der Waals surface area contributed by atoms with Gasteiger partial charge in [0.25, 0.3) is 0 Å². The molecule has 28 heavy (non-hydrogen) atoms. The number of hydrogen-bond donors (Lipinski definition) is 2. The number of halogens is 1. The van der Waals surface area contributed by atoms with Gasteiger partial charge < -0.3 is 19.9 Å². The Labute approximate surface area is 168 Å². The summed E-state index contributed by atoms with van der Waals surface area (Å²) in [6.07, 6.45) is 0. The fourth-order valence-electron chi connectivity index (χ4n) is 2.49. The normalized spacial score (nSPS) is 11.3. The third-order valence-electron chi connectivity index (χ3n) is 3.88. The number of nitrogens with zero attached hydrogens (tertiary/aromatic N) is 3. The second-order valence-corrected chi connectivity index (χ2v) is 6.36. The Morgan fingerprint density at radius 3 is 2.75 bits per heavy atom. The fourth-order valence-corrected chi connectivity index (χ4v) is 2.61. The molecule has 0 atom stereocenters. The highest BCUT2D eigenvalue weighted by atomic mass is 35.5. The molecule has 0 spiro atoms. The van der Waals surface area contributed by atoms with Crippen LogP contribution >= 0.6 is 11.6 Å². The number of nitrogens with one attached hydrogen (secondary N) is 2. The quantitative estimate of drug-likeness (QED) is 0.466. The van der Waals surface area contributed by atoms with E-state index >= 15 is 0 Å². The van der Waals surface area contributed by atoms with Crippen LogP contribution in [0, 0.1) is 0 Å². The highest BCUT2D eigenvalue weighted by Crippen LogP contribution is 2.18. The molecule has 0 bridgehead atoms. The molecule has 0 fully saturated rings. The maximum absolute atomic E-state index is 5.91. The molecule has 8 heteroatoms. The van der Waals surface area contributed by atoms with E-state index in [1.165, 1.54) is 0 Å². The van der Waals surface area contributed by atoms with E-state index in [0.717, 1.165) is 23.4 Å². The summed E-state index contributed by atoms with van der Waals surface area (Å²) < 4.78 is 10.6. The molecule has 0 aliphatic heterocycles. The highest BCUT2D eigenvalue weighted by molar-refractivity contribution is 6.30. The maximum atomic E-state index is 5.91. The lowest BCUT2D eigenvalue weighted by molar-refractivity contribution is 0.375. The molecule has 1 heterocycles. The largest absolute Gasteiger partial charge is 0.497 e. The molecular formula is C20H22ClN5O2. The molecule has 2 aromatic carbocycles. The lowest BCUT2D eigenvalue weighted by Crippen LogP contribution is -2.36. The summed E-state index contributed by atoms with van der Waals surface area (Å²) in [5.74, 6) is 2.46. The summed E-state index contributed by atoms with van der Waals surface area (Å²) in [6.45, 7) is 3.63. The number of ether oxygens (including phenoxy) is 1. The summed E-state index contributed by atoms with van der Waals surface area (Å²) in [5.41, 5.74) is 1.90. The standard InChI is InChI=1S/C20H22ClN5O2/c1-3-22-20(23-12-14-5-4-6-17(11-14)27-2)24-13-18-25-19(26-28-18)15-7-9-16(21)10-8-15/h4-11H,3,12-13H2,1-2H3,(H2,22,23,24). The van der Waals surface area contributed by atoms with Crippen molar-refractivity contribution in [2.75, 3.05) is 13.7 Å². The number of guanidine groups is 1. The van der Waals surface area contributed by atoms with Crippen molar-refractivity contribution in [3.63, 3.8) is 0 Å². The lowest BCUT2D eigenvalue weighted by Gasteiger charge is -2.09. The van der Waals surface area contributed by atoms with Gasteiger partial charge in [0.05, 0.1) is 20.2 Å². The van der Waals surface area contributed by atoms with Crippen LogP contribution in [-0.2, 0) is 13.1 Å². The van der Waals surface area contributed by atoms with Crippen molar-refractivity contribution >= 4 is 17.6 Å². The van der Waals surface area contributed by atoms with Crippen LogP contribution in [0.3, 0.4) is 0 Å². The van der Waals surface area contributed by atoms with Crippen LogP contribution in [0.1, 0.15) is 18.4 Å². The van der Waals surface area contributed by atoms with Crippen molar-refractivity contribution in [3.05, 3.63) is 65.0 Å². The molecule has 0 aliphatic carbocycles. The van der Waals surface area contributed by atoms with E-state index in [1.54, 1.807) is 19.2 Å². The van der Waals surface area contributed by atoms with Gasteiger partial charge in [-0.05, 0) is 48.9 Å². The molecule has 1 aromatic heterocycles. The molecule has 146 valence electrons. The minimum atomic E-state index is 0.366. The van der Waals surface area contributed by atoms with E-state index in [1.807, 2.05) is 43.3 Å². The Bertz CT molecular complexity index is 924. The Kier molecular flexibility index (Phi) is 6.86. The van der Waals surface area contributed by atoms with E-state index in [4.69, 9.17) is 20.9 Å².